The quantitative estimate of drug-likeness (QED) is 0.335. The summed E-state index contributed by atoms with van der Waals surface area (Å²) in [5.74, 6) is 0.676. The summed E-state index contributed by atoms with van der Waals surface area (Å²) in [5, 5.41) is 6.53. The molecule has 1 aromatic carbocycles. The first kappa shape index (κ1) is 22.0. The van der Waals surface area contributed by atoms with Crippen LogP contribution >= 0.6 is 24.0 Å². The molecule has 2 N–H and O–H groups in total. The van der Waals surface area contributed by atoms with Gasteiger partial charge in [-0.2, -0.15) is 0 Å². The Morgan fingerprint density at radius 3 is 2.68 bits per heavy atom. The largest absolute Gasteiger partial charge is 0.486 e. The van der Waals surface area contributed by atoms with Crippen LogP contribution in [0.1, 0.15) is 26.7 Å². The minimum absolute atomic E-state index is 0. The molecular weight excluding hydrogens is 434 g/mol. The Bertz CT molecular complexity index is 540. The van der Waals surface area contributed by atoms with Crippen LogP contribution in [0.3, 0.4) is 0 Å². The lowest BCUT2D eigenvalue weighted by Gasteiger charge is -2.21. The third kappa shape index (κ3) is 7.77. The maximum absolute atomic E-state index is 13.6. The van der Waals surface area contributed by atoms with Crippen molar-refractivity contribution in [2.45, 2.75) is 38.8 Å². The van der Waals surface area contributed by atoms with Crippen LogP contribution in [0, 0.1) is 5.82 Å². The molecule has 1 aliphatic rings. The molecule has 0 amide bonds. The van der Waals surface area contributed by atoms with E-state index in [0.29, 0.717) is 6.54 Å². The standard InChI is InChI=1S/C18H29FN4O.HI/c1-4-23(15-9-10-15)12-11-21-18(20-3)22-13-14(2)24-17-8-6-5-7-16(17)19;/h5-8,14-15H,4,9-13H2,1-3H3,(H2,20,21,22);1H. The van der Waals surface area contributed by atoms with Crippen LogP contribution < -0.4 is 15.4 Å². The van der Waals surface area contributed by atoms with Gasteiger partial charge < -0.3 is 15.4 Å². The minimum atomic E-state index is -0.341. The number of hydrogen-bond donors (Lipinski definition) is 2. The van der Waals surface area contributed by atoms with Gasteiger partial charge in [0.2, 0.25) is 0 Å². The van der Waals surface area contributed by atoms with E-state index in [1.54, 1.807) is 25.2 Å². The summed E-state index contributed by atoms with van der Waals surface area (Å²) in [6.45, 7) is 7.61. The summed E-state index contributed by atoms with van der Waals surface area (Å²) in [5.41, 5.74) is 0. The maximum atomic E-state index is 13.6. The van der Waals surface area contributed by atoms with Crippen molar-refractivity contribution in [2.75, 3.05) is 33.2 Å². The lowest BCUT2D eigenvalue weighted by Crippen LogP contribution is -2.44. The number of guanidine groups is 1. The number of benzene rings is 1. The Balaban J connectivity index is 0.00000312. The van der Waals surface area contributed by atoms with Crippen molar-refractivity contribution in [2.24, 2.45) is 4.99 Å². The second-order valence-electron chi connectivity index (χ2n) is 6.10. The highest BCUT2D eigenvalue weighted by Gasteiger charge is 2.27. The summed E-state index contributed by atoms with van der Waals surface area (Å²) >= 11 is 0. The van der Waals surface area contributed by atoms with Crippen LogP contribution in [0.15, 0.2) is 29.3 Å². The van der Waals surface area contributed by atoms with E-state index in [4.69, 9.17) is 4.74 Å². The topological polar surface area (TPSA) is 48.9 Å². The number of para-hydroxylation sites is 1. The van der Waals surface area contributed by atoms with Crippen molar-refractivity contribution < 1.29 is 9.13 Å². The average Bonchev–Trinajstić information content (AvgIpc) is 3.41. The van der Waals surface area contributed by atoms with E-state index < -0.39 is 0 Å². The number of nitrogens with zero attached hydrogens (tertiary/aromatic N) is 2. The number of hydrogen-bond acceptors (Lipinski definition) is 3. The van der Waals surface area contributed by atoms with Crippen LogP contribution in [0.2, 0.25) is 0 Å². The van der Waals surface area contributed by atoms with Crippen molar-refractivity contribution in [3.63, 3.8) is 0 Å². The Morgan fingerprint density at radius 1 is 1.36 bits per heavy atom. The molecule has 2 rings (SSSR count). The first-order valence-corrected chi connectivity index (χ1v) is 8.73. The number of likely N-dealkylation sites (N-methyl/N-ethyl adjacent to an activating group) is 1. The molecule has 1 saturated carbocycles. The van der Waals surface area contributed by atoms with Crippen LogP contribution in [0.4, 0.5) is 4.39 Å². The Labute approximate surface area is 167 Å². The Kier molecular flexibility index (Phi) is 10.1. The van der Waals surface area contributed by atoms with E-state index in [1.165, 1.54) is 18.9 Å². The molecule has 0 heterocycles. The number of halogens is 2. The van der Waals surface area contributed by atoms with E-state index >= 15 is 0 Å². The normalized spacial score (nSPS) is 15.5. The minimum Gasteiger partial charge on any atom is -0.486 e. The van der Waals surface area contributed by atoms with Gasteiger partial charge in [-0.25, -0.2) is 4.39 Å². The van der Waals surface area contributed by atoms with E-state index in [-0.39, 0.29) is 41.6 Å². The van der Waals surface area contributed by atoms with Crippen molar-refractivity contribution in [1.29, 1.82) is 0 Å². The monoisotopic (exact) mass is 464 g/mol. The highest BCUT2D eigenvalue weighted by Crippen LogP contribution is 2.25. The van der Waals surface area contributed by atoms with Gasteiger partial charge in [0.15, 0.2) is 17.5 Å². The first-order valence-electron chi connectivity index (χ1n) is 8.73. The fraction of sp³-hybridized carbons (Fsp3) is 0.611. The predicted molar refractivity (Wildman–Crippen MR) is 112 cm³/mol. The van der Waals surface area contributed by atoms with E-state index in [9.17, 15) is 4.39 Å². The number of nitrogens with one attached hydrogen (secondary N) is 2. The van der Waals surface area contributed by atoms with Gasteiger partial charge >= 0.3 is 0 Å². The van der Waals surface area contributed by atoms with Crippen molar-refractivity contribution in [3.05, 3.63) is 30.1 Å². The van der Waals surface area contributed by atoms with Gasteiger partial charge in [-0.3, -0.25) is 9.89 Å². The second kappa shape index (κ2) is 11.5. The molecule has 0 aliphatic heterocycles. The summed E-state index contributed by atoms with van der Waals surface area (Å²) in [6.07, 6.45) is 2.48. The molecule has 1 aliphatic carbocycles. The third-order valence-electron chi connectivity index (χ3n) is 4.11. The van der Waals surface area contributed by atoms with Crippen LogP contribution in [0.5, 0.6) is 5.75 Å². The molecule has 1 fully saturated rings. The second-order valence-corrected chi connectivity index (χ2v) is 6.10. The predicted octanol–water partition coefficient (Wildman–Crippen LogP) is 2.86. The molecular formula is C18H30FIN4O. The molecule has 142 valence electrons. The summed E-state index contributed by atoms with van der Waals surface area (Å²) < 4.78 is 19.2. The van der Waals surface area contributed by atoms with E-state index in [0.717, 1.165) is 31.6 Å². The van der Waals surface area contributed by atoms with Crippen molar-refractivity contribution in [1.82, 2.24) is 15.5 Å². The number of aliphatic imine (C=N–C) groups is 1. The summed E-state index contributed by atoms with van der Waals surface area (Å²) in [6, 6.07) is 7.23. The molecule has 1 atom stereocenters. The number of rotatable bonds is 9. The SMILES string of the molecule is CCN(CCNC(=NC)NCC(C)Oc1ccccc1F)C1CC1.I. The molecule has 5 nitrogen and oxygen atoms in total. The van der Waals surface area contributed by atoms with E-state index in [2.05, 4.69) is 27.4 Å². The molecule has 0 saturated heterocycles. The zero-order chi connectivity index (χ0) is 17.4. The molecule has 0 aromatic heterocycles. The van der Waals surface area contributed by atoms with Crippen molar-refractivity contribution >= 4 is 29.9 Å². The summed E-state index contributed by atoms with van der Waals surface area (Å²) in [7, 11) is 1.75. The van der Waals surface area contributed by atoms with Gasteiger partial charge in [-0.05, 0) is 38.4 Å². The zero-order valence-corrected chi connectivity index (χ0v) is 17.6. The Hall–Kier alpha value is -1.09. The highest BCUT2D eigenvalue weighted by molar-refractivity contribution is 14.0. The molecule has 1 aromatic rings. The van der Waals surface area contributed by atoms with Crippen molar-refractivity contribution in [3.8, 4) is 5.75 Å². The lowest BCUT2D eigenvalue weighted by atomic mass is 10.3. The lowest BCUT2D eigenvalue weighted by molar-refractivity contribution is 0.214. The van der Waals surface area contributed by atoms with Gasteiger partial charge in [0.25, 0.3) is 0 Å². The van der Waals surface area contributed by atoms with Crippen LogP contribution in [-0.2, 0) is 0 Å². The maximum Gasteiger partial charge on any atom is 0.191 e. The molecule has 0 spiro atoms. The number of ether oxygens (including phenoxy) is 1. The van der Waals surface area contributed by atoms with Gasteiger partial charge in [-0.1, -0.05) is 19.1 Å². The molecule has 0 bridgehead atoms. The van der Waals surface area contributed by atoms with Gasteiger partial charge in [-0.15, -0.1) is 24.0 Å². The molecule has 1 unspecified atom stereocenters. The zero-order valence-electron chi connectivity index (χ0n) is 15.3. The molecule has 25 heavy (non-hydrogen) atoms. The fourth-order valence-corrected chi connectivity index (χ4v) is 2.62. The molecule has 0 radical (unpaired) electrons. The Morgan fingerprint density at radius 2 is 2.08 bits per heavy atom. The molecule has 7 heteroatoms. The fourth-order valence-electron chi connectivity index (χ4n) is 2.62. The summed E-state index contributed by atoms with van der Waals surface area (Å²) in [4.78, 5) is 6.70. The highest BCUT2D eigenvalue weighted by atomic mass is 127. The third-order valence-corrected chi connectivity index (χ3v) is 4.11. The van der Waals surface area contributed by atoms with Gasteiger partial charge in [0.1, 0.15) is 6.10 Å². The van der Waals surface area contributed by atoms with Gasteiger partial charge in [0.05, 0.1) is 6.54 Å². The smallest absolute Gasteiger partial charge is 0.191 e. The average molecular weight is 464 g/mol. The van der Waals surface area contributed by atoms with Crippen LogP contribution in [0.25, 0.3) is 0 Å². The van der Waals surface area contributed by atoms with Crippen LogP contribution in [-0.4, -0.2) is 56.2 Å². The van der Waals surface area contributed by atoms with E-state index in [1.807, 2.05) is 6.92 Å². The van der Waals surface area contributed by atoms with Gasteiger partial charge in [0, 0.05) is 26.2 Å². The first-order chi connectivity index (χ1) is 11.6.